The Morgan fingerprint density at radius 2 is 2.20 bits per heavy atom. The zero-order chi connectivity index (χ0) is 11.4. The monoisotopic (exact) mass is 339 g/mol. The maximum absolute atomic E-state index is 12.5. The van der Waals surface area contributed by atoms with E-state index in [1.54, 1.807) is 0 Å². The maximum Gasteiger partial charge on any atom is 0.263 e. The molecule has 15 heavy (non-hydrogen) atoms. The largest absolute Gasteiger partial charge is 0.263 e. The van der Waals surface area contributed by atoms with Crippen molar-refractivity contribution in [2.75, 3.05) is 0 Å². The first-order valence-corrected chi connectivity index (χ1v) is 6.09. The topological polar surface area (TPSA) is 12.4 Å². The second-order valence-corrected chi connectivity index (χ2v) is 3.91. The Labute approximate surface area is 106 Å². The van der Waals surface area contributed by atoms with Gasteiger partial charge in [-0.3, -0.25) is 0 Å². The molecular weight excluding hydrogens is 331 g/mol. The zero-order valence-corrected chi connectivity index (χ0v) is 10.9. The van der Waals surface area contributed by atoms with Crippen LogP contribution in [0.25, 0.3) is 0 Å². The van der Waals surface area contributed by atoms with Crippen molar-refractivity contribution >= 4 is 45.7 Å². The third kappa shape index (κ3) is 3.03. The van der Waals surface area contributed by atoms with E-state index in [9.17, 15) is 8.78 Å². The van der Waals surface area contributed by atoms with E-state index in [1.165, 1.54) is 12.1 Å². The van der Waals surface area contributed by atoms with Crippen molar-refractivity contribution in [2.45, 2.75) is 17.8 Å². The van der Waals surface area contributed by atoms with Crippen molar-refractivity contribution in [3.05, 3.63) is 28.8 Å². The minimum atomic E-state index is -2.48. The highest BCUT2D eigenvalue weighted by Crippen LogP contribution is 2.30. The second-order valence-electron chi connectivity index (χ2n) is 2.96. The van der Waals surface area contributed by atoms with Crippen LogP contribution in [0.5, 0.6) is 0 Å². The van der Waals surface area contributed by atoms with Crippen LogP contribution in [0.2, 0.25) is 0 Å². The molecule has 0 fully saturated rings. The molecule has 0 bridgehead atoms. The van der Waals surface area contributed by atoms with Gasteiger partial charge in [0.25, 0.3) is 6.43 Å². The third-order valence-corrected chi connectivity index (χ3v) is 2.99. The molecule has 5 heteroatoms. The van der Waals surface area contributed by atoms with Gasteiger partial charge >= 0.3 is 0 Å². The average Bonchev–Trinajstić information content (AvgIpc) is 2.21. The van der Waals surface area contributed by atoms with Gasteiger partial charge in [0.1, 0.15) is 0 Å². The maximum atomic E-state index is 12.5. The van der Waals surface area contributed by atoms with Crippen LogP contribution in [-0.4, -0.2) is 5.16 Å². The molecule has 0 aliphatic rings. The summed E-state index contributed by atoms with van der Waals surface area (Å²) in [7, 11) is 0. The lowest BCUT2D eigenvalue weighted by Crippen LogP contribution is -1.91. The first-order valence-electron chi connectivity index (χ1n) is 4.15. The molecule has 0 aliphatic heterocycles. The van der Waals surface area contributed by atoms with Crippen LogP contribution in [0.3, 0.4) is 0 Å². The Balaban J connectivity index is 3.37. The quantitative estimate of drug-likeness (QED) is 0.339. The summed E-state index contributed by atoms with van der Waals surface area (Å²) in [6.45, 7) is 1.84. The Bertz CT molecular complexity index is 414. The SMILES string of the molecule is Cc1c(CI)cc(C(F)F)cc1N=C=S. The van der Waals surface area contributed by atoms with Crippen LogP contribution in [0.15, 0.2) is 17.1 Å². The van der Waals surface area contributed by atoms with Gasteiger partial charge in [0, 0.05) is 9.99 Å². The molecule has 0 aromatic heterocycles. The van der Waals surface area contributed by atoms with Crippen LogP contribution in [0, 0.1) is 6.92 Å². The number of isothiocyanates is 1. The fourth-order valence-corrected chi connectivity index (χ4v) is 2.10. The van der Waals surface area contributed by atoms with E-state index in [2.05, 4.69) is 45.0 Å². The number of hydrogen-bond acceptors (Lipinski definition) is 2. The first-order chi connectivity index (χ1) is 7.10. The molecule has 1 aromatic rings. The van der Waals surface area contributed by atoms with Crippen LogP contribution in [0.4, 0.5) is 14.5 Å². The van der Waals surface area contributed by atoms with Crippen molar-refractivity contribution in [2.24, 2.45) is 4.99 Å². The molecule has 0 unspecified atom stereocenters. The number of hydrogen-bond donors (Lipinski definition) is 0. The molecule has 0 radical (unpaired) electrons. The highest BCUT2D eigenvalue weighted by Gasteiger charge is 2.12. The molecule has 1 nitrogen and oxygen atoms in total. The summed E-state index contributed by atoms with van der Waals surface area (Å²) in [6, 6.07) is 2.87. The molecular formula is C10H8F2INS. The van der Waals surface area contributed by atoms with Crippen LogP contribution >= 0.6 is 34.8 Å². The van der Waals surface area contributed by atoms with Gasteiger partial charge in [-0.25, -0.2) is 8.78 Å². The number of halogens is 3. The zero-order valence-electron chi connectivity index (χ0n) is 7.93. The van der Waals surface area contributed by atoms with Gasteiger partial charge in [0.2, 0.25) is 0 Å². The smallest absolute Gasteiger partial charge is 0.205 e. The minimum Gasteiger partial charge on any atom is -0.205 e. The molecule has 0 N–H and O–H groups in total. The normalized spacial score (nSPS) is 10.2. The number of benzene rings is 1. The van der Waals surface area contributed by atoms with Crippen molar-refractivity contribution < 1.29 is 8.78 Å². The summed E-state index contributed by atoms with van der Waals surface area (Å²) in [5, 5.41) is 2.20. The van der Waals surface area contributed by atoms with E-state index >= 15 is 0 Å². The van der Waals surface area contributed by atoms with Crippen LogP contribution in [0.1, 0.15) is 23.1 Å². The highest BCUT2D eigenvalue weighted by molar-refractivity contribution is 14.1. The molecule has 0 spiro atoms. The summed E-state index contributed by atoms with van der Waals surface area (Å²) in [5.74, 6) is 0. The van der Waals surface area contributed by atoms with Crippen molar-refractivity contribution in [3.63, 3.8) is 0 Å². The van der Waals surface area contributed by atoms with Crippen LogP contribution in [-0.2, 0) is 4.43 Å². The standard InChI is InChI=1S/C10H8F2INS/c1-6-8(4-13)2-7(10(11)12)3-9(6)14-5-15/h2-3,10H,4H2,1H3. The third-order valence-electron chi connectivity index (χ3n) is 2.07. The summed E-state index contributed by atoms with van der Waals surface area (Å²) in [6.07, 6.45) is -2.48. The van der Waals surface area contributed by atoms with Gasteiger partial charge in [-0.15, -0.1) is 0 Å². The highest BCUT2D eigenvalue weighted by atomic mass is 127. The molecule has 0 saturated heterocycles. The average molecular weight is 339 g/mol. The van der Waals surface area contributed by atoms with Crippen molar-refractivity contribution in [3.8, 4) is 0 Å². The Kier molecular flexibility index (Phi) is 4.76. The van der Waals surface area contributed by atoms with E-state index in [0.29, 0.717) is 10.1 Å². The lowest BCUT2D eigenvalue weighted by atomic mass is 10.0. The van der Waals surface area contributed by atoms with E-state index in [1.807, 2.05) is 6.92 Å². The number of aliphatic imine (C=N–C) groups is 1. The number of rotatable bonds is 3. The van der Waals surface area contributed by atoms with Gasteiger partial charge in [0.15, 0.2) is 0 Å². The molecule has 1 rings (SSSR count). The van der Waals surface area contributed by atoms with E-state index in [4.69, 9.17) is 0 Å². The Hall–Kier alpha value is -0.390. The first kappa shape index (κ1) is 12.7. The molecule has 0 amide bonds. The summed E-state index contributed by atoms with van der Waals surface area (Å²) in [5.41, 5.74) is 2.20. The number of alkyl halides is 3. The predicted molar refractivity (Wildman–Crippen MR) is 68.5 cm³/mol. The van der Waals surface area contributed by atoms with Crippen molar-refractivity contribution in [1.82, 2.24) is 0 Å². The van der Waals surface area contributed by atoms with Gasteiger partial charge in [-0.1, -0.05) is 22.6 Å². The molecule has 0 aliphatic carbocycles. The molecule has 80 valence electrons. The predicted octanol–water partition coefficient (Wildman–Crippen LogP) is 4.60. The van der Waals surface area contributed by atoms with Gasteiger partial charge in [-0.2, -0.15) is 4.99 Å². The van der Waals surface area contributed by atoms with E-state index in [-0.39, 0.29) is 5.56 Å². The van der Waals surface area contributed by atoms with E-state index < -0.39 is 6.43 Å². The fraction of sp³-hybridized carbons (Fsp3) is 0.300. The van der Waals surface area contributed by atoms with Gasteiger partial charge in [0.05, 0.1) is 10.8 Å². The van der Waals surface area contributed by atoms with Crippen LogP contribution < -0.4 is 0 Å². The van der Waals surface area contributed by atoms with Crippen molar-refractivity contribution in [1.29, 1.82) is 0 Å². The number of nitrogens with zero attached hydrogens (tertiary/aromatic N) is 1. The van der Waals surface area contributed by atoms with E-state index in [0.717, 1.165) is 11.1 Å². The second kappa shape index (κ2) is 5.63. The molecule has 0 atom stereocenters. The van der Waals surface area contributed by atoms with Gasteiger partial charge in [-0.05, 0) is 42.4 Å². The molecule has 0 saturated carbocycles. The lowest BCUT2D eigenvalue weighted by molar-refractivity contribution is 0.151. The Morgan fingerprint density at radius 3 is 2.67 bits per heavy atom. The molecule has 1 aromatic carbocycles. The number of thiocarbonyl (C=S) groups is 1. The lowest BCUT2D eigenvalue weighted by Gasteiger charge is -2.08. The summed E-state index contributed by atoms with van der Waals surface area (Å²) in [4.78, 5) is 3.79. The summed E-state index contributed by atoms with van der Waals surface area (Å²) >= 11 is 6.61. The Morgan fingerprint density at radius 1 is 1.53 bits per heavy atom. The molecule has 0 heterocycles. The van der Waals surface area contributed by atoms with Gasteiger partial charge < -0.3 is 0 Å². The fourth-order valence-electron chi connectivity index (χ4n) is 1.21. The minimum absolute atomic E-state index is 0.0173. The summed E-state index contributed by atoms with van der Waals surface area (Å²) < 4.78 is 25.8.